The predicted octanol–water partition coefficient (Wildman–Crippen LogP) is 14.4. The molecule has 4 heteroatoms. The Morgan fingerprint density at radius 2 is 0.846 bits per heavy atom. The summed E-state index contributed by atoms with van der Waals surface area (Å²) in [6.07, 6.45) is 59.3. The van der Waals surface area contributed by atoms with Gasteiger partial charge >= 0.3 is 0 Å². The maximum atomic E-state index is 12.4. The molecule has 1 amide bonds. The van der Waals surface area contributed by atoms with Crippen molar-refractivity contribution < 1.29 is 15.0 Å². The lowest BCUT2D eigenvalue weighted by Gasteiger charge is -2.22. The van der Waals surface area contributed by atoms with Crippen LogP contribution in [0.1, 0.15) is 232 Å². The average molecular weight is 728 g/mol. The molecule has 304 valence electrons. The van der Waals surface area contributed by atoms with E-state index in [1.807, 2.05) is 0 Å². The van der Waals surface area contributed by atoms with Crippen LogP contribution < -0.4 is 5.32 Å². The van der Waals surface area contributed by atoms with Gasteiger partial charge in [-0.1, -0.05) is 223 Å². The Morgan fingerprint density at radius 1 is 0.481 bits per heavy atom. The molecule has 0 aliphatic heterocycles. The number of hydrogen-bond donors (Lipinski definition) is 3. The van der Waals surface area contributed by atoms with Gasteiger partial charge in [0.1, 0.15) is 0 Å². The Labute approximate surface area is 324 Å². The summed E-state index contributed by atoms with van der Waals surface area (Å²) < 4.78 is 0. The second-order valence-corrected chi connectivity index (χ2v) is 15.4. The first-order valence-electron chi connectivity index (χ1n) is 22.8. The van der Waals surface area contributed by atoms with Crippen molar-refractivity contribution in [1.29, 1.82) is 0 Å². The molecule has 0 spiro atoms. The lowest BCUT2D eigenvalue weighted by Crippen LogP contribution is -2.45. The van der Waals surface area contributed by atoms with Crippen molar-refractivity contribution in [3.05, 3.63) is 48.6 Å². The van der Waals surface area contributed by atoms with Crippen molar-refractivity contribution >= 4 is 5.91 Å². The third-order valence-electron chi connectivity index (χ3n) is 10.4. The Balaban J connectivity index is 3.42. The van der Waals surface area contributed by atoms with E-state index in [0.717, 1.165) is 51.4 Å². The normalized spacial score (nSPS) is 13.4. The summed E-state index contributed by atoms with van der Waals surface area (Å²) in [5.41, 5.74) is 0. The molecule has 0 saturated heterocycles. The van der Waals surface area contributed by atoms with Crippen LogP contribution in [0.25, 0.3) is 0 Å². The quantitative estimate of drug-likeness (QED) is 0.0434. The number of hydrogen-bond acceptors (Lipinski definition) is 3. The number of nitrogens with one attached hydrogen (secondary N) is 1. The van der Waals surface area contributed by atoms with Crippen LogP contribution in [0.4, 0.5) is 0 Å². The SMILES string of the molecule is CC/C=C\C/C=C\C/C=C\C/C=C\CCCCCCCCCCCCCCCCCCCCC(=O)NC(CO)C(O)CCCCCCCCCCC. The van der Waals surface area contributed by atoms with Gasteiger partial charge < -0.3 is 15.5 Å². The molecule has 3 N–H and O–H groups in total. The minimum absolute atomic E-state index is 0.0330. The highest BCUT2D eigenvalue weighted by Crippen LogP contribution is 2.16. The number of carbonyl (C=O) groups excluding carboxylic acids is 1. The Kier molecular flexibility index (Phi) is 42.4. The van der Waals surface area contributed by atoms with E-state index in [1.54, 1.807) is 0 Å². The first-order chi connectivity index (χ1) is 25.7. The van der Waals surface area contributed by atoms with E-state index in [4.69, 9.17) is 0 Å². The van der Waals surface area contributed by atoms with E-state index >= 15 is 0 Å². The number of aliphatic hydroxyl groups excluding tert-OH is 2. The topological polar surface area (TPSA) is 69.6 Å². The van der Waals surface area contributed by atoms with Crippen LogP contribution in [0, 0.1) is 0 Å². The number of aliphatic hydroxyl groups is 2. The highest BCUT2D eigenvalue weighted by Gasteiger charge is 2.20. The van der Waals surface area contributed by atoms with Gasteiger partial charge in [0.15, 0.2) is 0 Å². The largest absolute Gasteiger partial charge is 0.394 e. The molecule has 0 aromatic carbocycles. The number of amides is 1. The minimum atomic E-state index is -0.656. The number of rotatable bonds is 41. The molecule has 2 unspecified atom stereocenters. The van der Waals surface area contributed by atoms with Crippen LogP contribution in [-0.4, -0.2) is 34.9 Å². The van der Waals surface area contributed by atoms with Gasteiger partial charge in [-0.3, -0.25) is 4.79 Å². The van der Waals surface area contributed by atoms with Gasteiger partial charge in [0.25, 0.3) is 0 Å². The fraction of sp³-hybridized carbons (Fsp3) is 0.812. The van der Waals surface area contributed by atoms with Crippen molar-refractivity contribution in [1.82, 2.24) is 5.32 Å². The predicted molar refractivity (Wildman–Crippen MR) is 230 cm³/mol. The van der Waals surface area contributed by atoms with Gasteiger partial charge in [-0.2, -0.15) is 0 Å². The Morgan fingerprint density at radius 3 is 1.27 bits per heavy atom. The van der Waals surface area contributed by atoms with Crippen LogP contribution in [0.3, 0.4) is 0 Å². The van der Waals surface area contributed by atoms with Crippen LogP contribution in [-0.2, 0) is 4.79 Å². The zero-order valence-electron chi connectivity index (χ0n) is 34.8. The standard InChI is InChI=1S/C48H89NO3/c1-3-5-7-9-11-13-14-15-16-17-18-19-20-21-22-23-24-25-26-27-28-29-30-31-32-33-34-36-38-40-42-44-48(52)49-46(45-50)47(51)43-41-39-37-35-12-10-8-6-4-2/h5,7,11,13,15-16,18-19,46-47,50-51H,3-4,6,8-10,12,14,17,20-45H2,1-2H3,(H,49,52)/b7-5-,13-11-,16-15-,19-18-. The zero-order valence-corrected chi connectivity index (χ0v) is 34.8. The lowest BCUT2D eigenvalue weighted by atomic mass is 10.0. The minimum Gasteiger partial charge on any atom is -0.394 e. The Hall–Kier alpha value is -1.65. The average Bonchev–Trinajstić information content (AvgIpc) is 3.15. The van der Waals surface area contributed by atoms with Crippen molar-refractivity contribution in [2.45, 2.75) is 244 Å². The second kappa shape index (κ2) is 43.8. The van der Waals surface area contributed by atoms with E-state index in [9.17, 15) is 15.0 Å². The fourth-order valence-electron chi connectivity index (χ4n) is 6.88. The van der Waals surface area contributed by atoms with Crippen LogP contribution in [0.15, 0.2) is 48.6 Å². The number of unbranched alkanes of at least 4 members (excludes halogenated alkanes) is 26. The summed E-state index contributed by atoms with van der Waals surface area (Å²) in [7, 11) is 0. The highest BCUT2D eigenvalue weighted by molar-refractivity contribution is 5.76. The van der Waals surface area contributed by atoms with Gasteiger partial charge in [-0.25, -0.2) is 0 Å². The van der Waals surface area contributed by atoms with Gasteiger partial charge in [0, 0.05) is 6.42 Å². The van der Waals surface area contributed by atoms with Gasteiger partial charge in [0.05, 0.1) is 18.8 Å². The molecule has 0 fully saturated rings. The lowest BCUT2D eigenvalue weighted by molar-refractivity contribution is -0.123. The van der Waals surface area contributed by atoms with E-state index in [2.05, 4.69) is 67.8 Å². The Bertz CT molecular complexity index is 831. The third kappa shape index (κ3) is 39.6. The van der Waals surface area contributed by atoms with Crippen molar-refractivity contribution in [3.63, 3.8) is 0 Å². The van der Waals surface area contributed by atoms with Crippen molar-refractivity contribution in [2.75, 3.05) is 6.61 Å². The van der Waals surface area contributed by atoms with E-state index < -0.39 is 12.1 Å². The monoisotopic (exact) mass is 728 g/mol. The first kappa shape index (κ1) is 50.4. The third-order valence-corrected chi connectivity index (χ3v) is 10.4. The van der Waals surface area contributed by atoms with E-state index in [0.29, 0.717) is 12.8 Å². The number of allylic oxidation sites excluding steroid dienone is 8. The van der Waals surface area contributed by atoms with E-state index in [-0.39, 0.29) is 12.5 Å². The smallest absolute Gasteiger partial charge is 0.220 e. The summed E-state index contributed by atoms with van der Waals surface area (Å²) >= 11 is 0. The summed E-state index contributed by atoms with van der Waals surface area (Å²) in [5.74, 6) is -0.0330. The number of carbonyl (C=O) groups is 1. The molecule has 0 radical (unpaired) electrons. The maximum absolute atomic E-state index is 12.4. The van der Waals surface area contributed by atoms with Gasteiger partial charge in [-0.15, -0.1) is 0 Å². The first-order valence-corrected chi connectivity index (χ1v) is 22.8. The molecular formula is C48H89NO3. The summed E-state index contributed by atoms with van der Waals surface area (Å²) in [6, 6.07) is -0.533. The molecule has 0 aliphatic carbocycles. The molecule has 0 aliphatic rings. The molecular weight excluding hydrogens is 639 g/mol. The van der Waals surface area contributed by atoms with Crippen LogP contribution >= 0.6 is 0 Å². The van der Waals surface area contributed by atoms with Crippen molar-refractivity contribution in [2.24, 2.45) is 0 Å². The second-order valence-electron chi connectivity index (χ2n) is 15.4. The summed E-state index contributed by atoms with van der Waals surface area (Å²) in [4.78, 5) is 12.4. The highest BCUT2D eigenvalue weighted by atomic mass is 16.3. The molecule has 0 heterocycles. The molecule has 2 atom stereocenters. The molecule has 0 saturated carbocycles. The molecule has 0 bridgehead atoms. The molecule has 52 heavy (non-hydrogen) atoms. The maximum Gasteiger partial charge on any atom is 0.220 e. The summed E-state index contributed by atoms with van der Waals surface area (Å²) in [5, 5.41) is 23.0. The molecule has 4 nitrogen and oxygen atoms in total. The zero-order chi connectivity index (χ0) is 37.8. The van der Waals surface area contributed by atoms with E-state index in [1.165, 1.54) is 154 Å². The van der Waals surface area contributed by atoms with Crippen LogP contribution in [0.5, 0.6) is 0 Å². The van der Waals surface area contributed by atoms with Crippen molar-refractivity contribution in [3.8, 4) is 0 Å². The molecule has 0 aromatic rings. The summed E-state index contributed by atoms with van der Waals surface area (Å²) in [6.45, 7) is 4.23. The van der Waals surface area contributed by atoms with Gasteiger partial charge in [0.2, 0.25) is 5.91 Å². The molecule has 0 rings (SSSR count). The van der Waals surface area contributed by atoms with Gasteiger partial charge in [-0.05, 0) is 51.4 Å². The fourth-order valence-corrected chi connectivity index (χ4v) is 6.88. The van der Waals surface area contributed by atoms with Crippen LogP contribution in [0.2, 0.25) is 0 Å². The molecule has 0 aromatic heterocycles.